The van der Waals surface area contributed by atoms with Gasteiger partial charge in [-0.25, -0.2) is 18.1 Å². The van der Waals surface area contributed by atoms with E-state index in [-0.39, 0.29) is 24.6 Å². The molecule has 0 fully saturated rings. The zero-order valence-corrected chi connectivity index (χ0v) is 11.2. The van der Waals surface area contributed by atoms with Gasteiger partial charge in [0, 0.05) is 19.3 Å². The molecule has 1 N–H and O–H groups in total. The van der Waals surface area contributed by atoms with Crippen molar-refractivity contribution in [3.63, 3.8) is 0 Å². The number of aryl methyl sites for hydroxylation is 1. The van der Waals surface area contributed by atoms with Crippen molar-refractivity contribution in [1.82, 2.24) is 14.3 Å². The van der Waals surface area contributed by atoms with Crippen molar-refractivity contribution < 1.29 is 17.9 Å². The molecule has 1 rings (SSSR count). The number of nitrogens with zero attached hydrogens (tertiary/aromatic N) is 2. The van der Waals surface area contributed by atoms with Crippen LogP contribution in [0.2, 0.25) is 0 Å². The maximum Gasteiger partial charge on any atom is 0.307 e. The highest BCUT2D eigenvalue weighted by Crippen LogP contribution is 2.04. The number of hydrogen-bond donors (Lipinski definition) is 1. The highest BCUT2D eigenvalue weighted by Gasteiger charge is 2.17. The van der Waals surface area contributed by atoms with Crippen molar-refractivity contribution in [3.8, 4) is 0 Å². The Morgan fingerprint density at radius 3 is 2.78 bits per heavy atom. The summed E-state index contributed by atoms with van der Waals surface area (Å²) in [7, 11) is -3.65. The molecule has 0 aromatic carbocycles. The molecule has 0 spiro atoms. The summed E-state index contributed by atoms with van der Waals surface area (Å²) in [5.41, 5.74) is 0. The fourth-order valence-electron chi connectivity index (χ4n) is 1.25. The Balaban J connectivity index is 2.52. The summed E-state index contributed by atoms with van der Waals surface area (Å²) < 4.78 is 32.2. The van der Waals surface area contributed by atoms with Gasteiger partial charge in [0.15, 0.2) is 5.03 Å². The number of imidazole rings is 1. The molecule has 0 aliphatic rings. The Morgan fingerprint density at radius 1 is 1.50 bits per heavy atom. The Labute approximate surface area is 106 Å². The molecule has 0 aliphatic carbocycles. The standard InChI is InChI=1S/C10H17N3O4S/c1-3-13-7-9(11-8-13)18(15,16)12-6-5-10(14)17-4-2/h7-8,12H,3-6H2,1-2H3. The highest BCUT2D eigenvalue weighted by molar-refractivity contribution is 7.89. The lowest BCUT2D eigenvalue weighted by Gasteiger charge is -2.04. The zero-order chi connectivity index (χ0) is 13.6. The molecule has 0 amide bonds. The number of sulfonamides is 1. The lowest BCUT2D eigenvalue weighted by atomic mass is 10.4. The van der Waals surface area contributed by atoms with E-state index in [1.165, 1.54) is 12.5 Å². The Hall–Kier alpha value is -1.41. The van der Waals surface area contributed by atoms with Crippen molar-refractivity contribution in [2.24, 2.45) is 0 Å². The van der Waals surface area contributed by atoms with Gasteiger partial charge >= 0.3 is 5.97 Å². The van der Waals surface area contributed by atoms with Gasteiger partial charge in [-0.1, -0.05) is 0 Å². The molecule has 0 atom stereocenters. The molecular weight excluding hydrogens is 258 g/mol. The van der Waals surface area contributed by atoms with Gasteiger partial charge in [-0.05, 0) is 13.8 Å². The Kier molecular flexibility index (Phi) is 5.29. The number of esters is 1. The highest BCUT2D eigenvalue weighted by atomic mass is 32.2. The summed E-state index contributed by atoms with van der Waals surface area (Å²) >= 11 is 0. The van der Waals surface area contributed by atoms with E-state index >= 15 is 0 Å². The summed E-state index contributed by atoms with van der Waals surface area (Å²) in [6.45, 7) is 4.50. The van der Waals surface area contributed by atoms with Crippen molar-refractivity contribution in [1.29, 1.82) is 0 Å². The number of carbonyl (C=O) groups excluding carboxylic acids is 1. The van der Waals surface area contributed by atoms with Gasteiger partial charge in [0.1, 0.15) is 0 Å². The number of carbonyl (C=O) groups is 1. The van der Waals surface area contributed by atoms with E-state index in [0.717, 1.165) is 0 Å². The number of rotatable bonds is 7. The molecule has 0 saturated carbocycles. The van der Waals surface area contributed by atoms with Crippen LogP contribution < -0.4 is 4.72 Å². The van der Waals surface area contributed by atoms with Crippen LogP contribution in [0.15, 0.2) is 17.6 Å². The van der Waals surface area contributed by atoms with Crippen LogP contribution in [0.4, 0.5) is 0 Å². The fraction of sp³-hybridized carbons (Fsp3) is 0.600. The minimum Gasteiger partial charge on any atom is -0.466 e. The van der Waals surface area contributed by atoms with E-state index in [2.05, 4.69) is 9.71 Å². The summed E-state index contributed by atoms with van der Waals surface area (Å²) in [6, 6.07) is 0. The van der Waals surface area contributed by atoms with Crippen LogP contribution in [-0.2, 0) is 26.1 Å². The monoisotopic (exact) mass is 275 g/mol. The van der Waals surface area contributed by atoms with Gasteiger partial charge in [-0.2, -0.15) is 0 Å². The molecule has 0 aliphatic heterocycles. The van der Waals surface area contributed by atoms with Gasteiger partial charge in [0.25, 0.3) is 10.0 Å². The SMILES string of the molecule is CCOC(=O)CCNS(=O)(=O)c1cn(CC)cn1. The number of ether oxygens (including phenoxy) is 1. The lowest BCUT2D eigenvalue weighted by Crippen LogP contribution is -2.27. The third-order valence-electron chi connectivity index (χ3n) is 2.18. The largest absolute Gasteiger partial charge is 0.466 e. The molecule has 0 saturated heterocycles. The average molecular weight is 275 g/mol. The van der Waals surface area contributed by atoms with E-state index < -0.39 is 16.0 Å². The molecule has 18 heavy (non-hydrogen) atoms. The fourth-order valence-corrected chi connectivity index (χ4v) is 2.22. The van der Waals surface area contributed by atoms with Gasteiger partial charge in [-0.3, -0.25) is 4.79 Å². The van der Waals surface area contributed by atoms with E-state index in [1.807, 2.05) is 6.92 Å². The van der Waals surface area contributed by atoms with Crippen LogP contribution >= 0.6 is 0 Å². The normalized spacial score (nSPS) is 11.4. The third kappa shape index (κ3) is 4.11. The maximum atomic E-state index is 11.8. The first-order valence-corrected chi connectivity index (χ1v) is 7.15. The second kappa shape index (κ2) is 6.50. The van der Waals surface area contributed by atoms with Gasteiger partial charge < -0.3 is 9.30 Å². The smallest absolute Gasteiger partial charge is 0.307 e. The van der Waals surface area contributed by atoms with Crippen LogP contribution in [0.25, 0.3) is 0 Å². The van der Waals surface area contributed by atoms with Crippen LogP contribution in [0.3, 0.4) is 0 Å². The van der Waals surface area contributed by atoms with Gasteiger partial charge in [-0.15, -0.1) is 0 Å². The summed E-state index contributed by atoms with van der Waals surface area (Å²) in [5, 5.41) is -0.0480. The predicted octanol–water partition coefficient (Wildman–Crippen LogP) is 0.134. The molecule has 102 valence electrons. The van der Waals surface area contributed by atoms with E-state index in [0.29, 0.717) is 6.54 Å². The first kappa shape index (κ1) is 14.7. The van der Waals surface area contributed by atoms with E-state index in [1.54, 1.807) is 11.5 Å². The molecule has 1 aromatic rings. The lowest BCUT2D eigenvalue weighted by molar-refractivity contribution is -0.142. The molecular formula is C10H17N3O4S. The predicted molar refractivity (Wildman–Crippen MR) is 64.3 cm³/mol. The Bertz CT molecular complexity index is 495. The number of hydrogen-bond acceptors (Lipinski definition) is 5. The third-order valence-corrected chi connectivity index (χ3v) is 3.52. The number of nitrogens with one attached hydrogen (secondary N) is 1. The maximum absolute atomic E-state index is 11.8. The Morgan fingerprint density at radius 2 is 2.22 bits per heavy atom. The summed E-state index contributed by atoms with van der Waals surface area (Å²) in [5.74, 6) is -0.431. The average Bonchev–Trinajstić information content (AvgIpc) is 2.78. The van der Waals surface area contributed by atoms with Crippen LogP contribution in [0.5, 0.6) is 0 Å². The topological polar surface area (TPSA) is 90.3 Å². The van der Waals surface area contributed by atoms with E-state index in [9.17, 15) is 13.2 Å². The quantitative estimate of drug-likeness (QED) is 0.715. The second-order valence-electron chi connectivity index (χ2n) is 3.50. The first-order chi connectivity index (χ1) is 8.49. The summed E-state index contributed by atoms with van der Waals surface area (Å²) in [6.07, 6.45) is 2.88. The van der Waals surface area contributed by atoms with E-state index in [4.69, 9.17) is 4.74 Å². The molecule has 0 radical (unpaired) electrons. The molecule has 0 bridgehead atoms. The molecule has 7 nitrogen and oxygen atoms in total. The van der Waals surface area contributed by atoms with Crippen LogP contribution in [0, 0.1) is 0 Å². The molecule has 8 heteroatoms. The zero-order valence-electron chi connectivity index (χ0n) is 10.4. The minimum absolute atomic E-state index is 0.000150. The first-order valence-electron chi connectivity index (χ1n) is 5.66. The number of aromatic nitrogens is 2. The van der Waals surface area contributed by atoms with Crippen molar-refractivity contribution in [2.75, 3.05) is 13.2 Å². The molecule has 0 unspecified atom stereocenters. The second-order valence-corrected chi connectivity index (χ2v) is 5.21. The van der Waals surface area contributed by atoms with Crippen molar-refractivity contribution in [3.05, 3.63) is 12.5 Å². The summed E-state index contributed by atoms with van der Waals surface area (Å²) in [4.78, 5) is 14.8. The van der Waals surface area contributed by atoms with Gasteiger partial charge in [0.2, 0.25) is 0 Å². The van der Waals surface area contributed by atoms with Gasteiger partial charge in [0.05, 0.1) is 19.4 Å². The minimum atomic E-state index is -3.65. The van der Waals surface area contributed by atoms with Crippen molar-refractivity contribution in [2.45, 2.75) is 31.8 Å². The molecule has 1 aromatic heterocycles. The molecule has 1 heterocycles. The van der Waals surface area contributed by atoms with Crippen LogP contribution in [0.1, 0.15) is 20.3 Å². The van der Waals surface area contributed by atoms with Crippen LogP contribution in [-0.4, -0.2) is 37.1 Å². The van der Waals surface area contributed by atoms with Crippen molar-refractivity contribution >= 4 is 16.0 Å².